The zero-order chi connectivity index (χ0) is 17.3. The number of phenolic OH excluding ortho intramolecular Hbond substituents is 1. The first-order valence-electron chi connectivity index (χ1n) is 7.26. The molecule has 0 aromatic heterocycles. The van der Waals surface area contributed by atoms with Gasteiger partial charge in [-0.15, -0.1) is 0 Å². The van der Waals surface area contributed by atoms with Crippen molar-refractivity contribution in [2.24, 2.45) is 0 Å². The molecule has 3 aromatic carbocycles. The van der Waals surface area contributed by atoms with Gasteiger partial charge in [0, 0.05) is 5.39 Å². The van der Waals surface area contributed by atoms with Crippen LogP contribution >= 0.6 is 0 Å². The quantitative estimate of drug-likeness (QED) is 0.760. The van der Waals surface area contributed by atoms with E-state index < -0.39 is 5.97 Å². The van der Waals surface area contributed by atoms with Gasteiger partial charge in [0.1, 0.15) is 5.75 Å². The molecule has 0 fully saturated rings. The standard InChI is InChI=1S/C19H16O5/c1-23-13-8-12-4-3-5-14(18(12)15(10-13)19(21)22)11-6-7-16(20)17(9-11)24-2/h3-10,20H,1-2H3,(H,21,22). The summed E-state index contributed by atoms with van der Waals surface area (Å²) in [5, 5.41) is 20.7. The van der Waals surface area contributed by atoms with Crippen molar-refractivity contribution in [3.8, 4) is 28.4 Å². The van der Waals surface area contributed by atoms with E-state index in [1.165, 1.54) is 26.4 Å². The average Bonchev–Trinajstić information content (AvgIpc) is 2.60. The summed E-state index contributed by atoms with van der Waals surface area (Å²) in [4.78, 5) is 11.7. The lowest BCUT2D eigenvalue weighted by Gasteiger charge is -2.13. The van der Waals surface area contributed by atoms with Crippen molar-refractivity contribution in [3.63, 3.8) is 0 Å². The van der Waals surface area contributed by atoms with Crippen molar-refractivity contribution in [1.82, 2.24) is 0 Å². The minimum atomic E-state index is -1.03. The van der Waals surface area contributed by atoms with Crippen LogP contribution in [-0.4, -0.2) is 30.4 Å². The maximum atomic E-state index is 11.7. The molecular formula is C19H16O5. The highest BCUT2D eigenvalue weighted by atomic mass is 16.5. The number of hydrogen-bond donors (Lipinski definition) is 2. The summed E-state index contributed by atoms with van der Waals surface area (Å²) in [6, 6.07) is 13.8. The molecule has 0 aliphatic heterocycles. The molecule has 0 saturated heterocycles. The van der Waals surface area contributed by atoms with Gasteiger partial charge in [-0.2, -0.15) is 0 Å². The van der Waals surface area contributed by atoms with Crippen LogP contribution in [0.1, 0.15) is 10.4 Å². The average molecular weight is 324 g/mol. The highest BCUT2D eigenvalue weighted by Gasteiger charge is 2.16. The fourth-order valence-electron chi connectivity index (χ4n) is 2.77. The highest BCUT2D eigenvalue weighted by Crippen LogP contribution is 2.37. The number of aromatic carboxylic acids is 1. The maximum Gasteiger partial charge on any atom is 0.336 e. The van der Waals surface area contributed by atoms with Crippen molar-refractivity contribution < 1.29 is 24.5 Å². The van der Waals surface area contributed by atoms with Crippen LogP contribution < -0.4 is 9.47 Å². The third-order valence-electron chi connectivity index (χ3n) is 3.91. The topological polar surface area (TPSA) is 76.0 Å². The zero-order valence-electron chi connectivity index (χ0n) is 13.2. The summed E-state index contributed by atoms with van der Waals surface area (Å²) in [5.41, 5.74) is 1.65. The van der Waals surface area contributed by atoms with E-state index in [-0.39, 0.29) is 11.3 Å². The lowest BCUT2D eigenvalue weighted by Crippen LogP contribution is -2.00. The van der Waals surface area contributed by atoms with Crippen LogP contribution in [0.4, 0.5) is 0 Å². The summed E-state index contributed by atoms with van der Waals surface area (Å²) in [6.45, 7) is 0. The van der Waals surface area contributed by atoms with Gasteiger partial charge in [-0.1, -0.05) is 24.3 Å². The first-order valence-corrected chi connectivity index (χ1v) is 7.26. The molecule has 2 N–H and O–H groups in total. The van der Waals surface area contributed by atoms with Gasteiger partial charge in [0.25, 0.3) is 0 Å². The molecule has 0 amide bonds. The lowest BCUT2D eigenvalue weighted by atomic mass is 9.94. The van der Waals surface area contributed by atoms with Crippen LogP contribution in [0.3, 0.4) is 0 Å². The number of benzene rings is 3. The molecule has 0 spiro atoms. The van der Waals surface area contributed by atoms with Crippen LogP contribution in [0.5, 0.6) is 17.2 Å². The number of phenols is 1. The summed E-state index contributed by atoms with van der Waals surface area (Å²) in [7, 11) is 2.97. The van der Waals surface area contributed by atoms with E-state index in [9.17, 15) is 15.0 Å². The summed E-state index contributed by atoms with van der Waals surface area (Å²) < 4.78 is 10.3. The van der Waals surface area contributed by atoms with Gasteiger partial charge in [-0.3, -0.25) is 0 Å². The van der Waals surface area contributed by atoms with E-state index in [1.54, 1.807) is 18.2 Å². The molecule has 24 heavy (non-hydrogen) atoms. The van der Waals surface area contributed by atoms with Gasteiger partial charge in [0.05, 0.1) is 19.8 Å². The highest BCUT2D eigenvalue weighted by molar-refractivity contribution is 6.10. The van der Waals surface area contributed by atoms with Crippen molar-refractivity contribution in [1.29, 1.82) is 0 Å². The largest absolute Gasteiger partial charge is 0.504 e. The van der Waals surface area contributed by atoms with E-state index in [1.807, 2.05) is 18.2 Å². The molecule has 0 aliphatic carbocycles. The predicted molar refractivity (Wildman–Crippen MR) is 91.1 cm³/mol. The van der Waals surface area contributed by atoms with Gasteiger partial charge in [0.15, 0.2) is 11.5 Å². The van der Waals surface area contributed by atoms with Gasteiger partial charge in [-0.05, 0) is 40.8 Å². The van der Waals surface area contributed by atoms with Gasteiger partial charge >= 0.3 is 5.97 Å². The second-order valence-electron chi connectivity index (χ2n) is 5.27. The van der Waals surface area contributed by atoms with Crippen LogP contribution in [0, 0.1) is 0 Å². The number of carbonyl (C=O) groups is 1. The molecule has 122 valence electrons. The number of rotatable bonds is 4. The van der Waals surface area contributed by atoms with E-state index in [2.05, 4.69) is 0 Å². The Morgan fingerprint density at radius 2 is 1.79 bits per heavy atom. The molecule has 5 heteroatoms. The molecule has 0 atom stereocenters. The fraction of sp³-hybridized carbons (Fsp3) is 0.105. The van der Waals surface area contributed by atoms with Crippen molar-refractivity contribution >= 4 is 16.7 Å². The molecule has 0 unspecified atom stereocenters. The normalized spacial score (nSPS) is 10.6. The molecule has 3 aromatic rings. The Labute approximate surface area is 138 Å². The Balaban J connectivity index is 2.35. The number of methoxy groups -OCH3 is 2. The van der Waals surface area contributed by atoms with E-state index in [0.717, 1.165) is 16.5 Å². The molecule has 3 rings (SSSR count). The number of ether oxygens (including phenoxy) is 2. The molecule has 0 heterocycles. The molecule has 0 bridgehead atoms. The van der Waals surface area contributed by atoms with Crippen LogP contribution in [0.2, 0.25) is 0 Å². The molecule has 0 aliphatic rings. The predicted octanol–water partition coefficient (Wildman–Crippen LogP) is 3.93. The fourth-order valence-corrected chi connectivity index (χ4v) is 2.77. The third kappa shape index (κ3) is 2.60. The minimum absolute atomic E-state index is 0.0293. The Bertz CT molecular complexity index is 930. The van der Waals surface area contributed by atoms with Crippen molar-refractivity contribution in [3.05, 3.63) is 54.1 Å². The Morgan fingerprint density at radius 1 is 1.00 bits per heavy atom. The van der Waals surface area contributed by atoms with E-state index in [4.69, 9.17) is 9.47 Å². The van der Waals surface area contributed by atoms with Crippen molar-refractivity contribution in [2.45, 2.75) is 0 Å². The second kappa shape index (κ2) is 6.12. The molecular weight excluding hydrogens is 308 g/mol. The van der Waals surface area contributed by atoms with Gasteiger partial charge < -0.3 is 19.7 Å². The molecule has 0 radical (unpaired) electrons. The van der Waals surface area contributed by atoms with Crippen LogP contribution in [0.15, 0.2) is 48.5 Å². The Kier molecular flexibility index (Phi) is 4.00. The first kappa shape index (κ1) is 15.7. The smallest absolute Gasteiger partial charge is 0.336 e. The summed E-state index contributed by atoms with van der Waals surface area (Å²) >= 11 is 0. The van der Waals surface area contributed by atoms with Crippen LogP contribution in [0.25, 0.3) is 21.9 Å². The number of fused-ring (bicyclic) bond motifs is 1. The Morgan fingerprint density at radius 3 is 2.46 bits per heavy atom. The SMILES string of the molecule is COc1cc(C(=O)O)c2c(-c3ccc(O)c(OC)c3)cccc2c1. The Hall–Kier alpha value is -3.21. The maximum absolute atomic E-state index is 11.7. The van der Waals surface area contributed by atoms with E-state index >= 15 is 0 Å². The number of carboxylic acid groups (broad SMARTS) is 1. The second-order valence-corrected chi connectivity index (χ2v) is 5.27. The molecule has 0 saturated carbocycles. The third-order valence-corrected chi connectivity index (χ3v) is 3.91. The number of aromatic hydroxyl groups is 1. The number of carboxylic acids is 1. The molecule has 5 nitrogen and oxygen atoms in total. The summed E-state index contributed by atoms with van der Waals surface area (Å²) in [6.07, 6.45) is 0. The first-order chi connectivity index (χ1) is 11.5. The lowest BCUT2D eigenvalue weighted by molar-refractivity contribution is 0.0698. The monoisotopic (exact) mass is 324 g/mol. The van der Waals surface area contributed by atoms with Crippen molar-refractivity contribution in [2.75, 3.05) is 14.2 Å². The number of hydrogen-bond acceptors (Lipinski definition) is 4. The van der Waals surface area contributed by atoms with Gasteiger partial charge in [0.2, 0.25) is 0 Å². The van der Waals surface area contributed by atoms with E-state index in [0.29, 0.717) is 16.9 Å². The van der Waals surface area contributed by atoms with Crippen LogP contribution in [-0.2, 0) is 0 Å². The zero-order valence-corrected chi connectivity index (χ0v) is 13.2. The minimum Gasteiger partial charge on any atom is -0.504 e. The summed E-state index contributed by atoms with van der Waals surface area (Å²) in [5.74, 6) is -0.186. The van der Waals surface area contributed by atoms with Gasteiger partial charge in [-0.25, -0.2) is 4.79 Å².